The molecule has 4 heteroatoms. The van der Waals surface area contributed by atoms with Crippen molar-refractivity contribution in [3.05, 3.63) is 29.8 Å². The molecular weight excluding hydrogens is 240 g/mol. The predicted molar refractivity (Wildman–Crippen MR) is 77.5 cm³/mol. The molecular formula is C15H24N2O2. The molecule has 1 aliphatic rings. The fraction of sp³-hybridized carbons (Fsp3) is 0.600. The van der Waals surface area contributed by atoms with Crippen LogP contribution in [-0.4, -0.2) is 44.6 Å². The van der Waals surface area contributed by atoms with Crippen molar-refractivity contribution < 1.29 is 9.84 Å². The molecule has 19 heavy (non-hydrogen) atoms. The van der Waals surface area contributed by atoms with Gasteiger partial charge < -0.3 is 20.1 Å². The number of nitrogens with one attached hydrogen (secondary N) is 1. The molecule has 2 N–H and O–H groups in total. The highest BCUT2D eigenvalue weighted by Crippen LogP contribution is 2.24. The zero-order valence-corrected chi connectivity index (χ0v) is 11.9. The van der Waals surface area contributed by atoms with Gasteiger partial charge in [0, 0.05) is 51.9 Å². The minimum Gasteiger partial charge on any atom is -0.388 e. The van der Waals surface area contributed by atoms with Crippen molar-refractivity contribution in [2.45, 2.75) is 25.0 Å². The molecule has 1 aromatic rings. The van der Waals surface area contributed by atoms with E-state index in [0.717, 1.165) is 25.1 Å². The lowest BCUT2D eigenvalue weighted by Crippen LogP contribution is -2.45. The van der Waals surface area contributed by atoms with Crippen molar-refractivity contribution >= 4 is 5.69 Å². The van der Waals surface area contributed by atoms with Gasteiger partial charge in [0.15, 0.2) is 0 Å². The zero-order chi connectivity index (χ0) is 13.7. The molecule has 0 bridgehead atoms. The fourth-order valence-electron chi connectivity index (χ4n) is 2.51. The molecule has 0 unspecified atom stereocenters. The van der Waals surface area contributed by atoms with Crippen molar-refractivity contribution in [3.63, 3.8) is 0 Å². The summed E-state index contributed by atoms with van der Waals surface area (Å²) in [6, 6.07) is 8.46. The van der Waals surface area contributed by atoms with E-state index in [-0.39, 0.29) is 0 Å². The molecule has 1 heterocycles. The van der Waals surface area contributed by atoms with Gasteiger partial charge >= 0.3 is 0 Å². The van der Waals surface area contributed by atoms with E-state index in [1.54, 1.807) is 0 Å². The Kier molecular flexibility index (Phi) is 4.80. The van der Waals surface area contributed by atoms with E-state index in [1.807, 2.05) is 14.1 Å². The van der Waals surface area contributed by atoms with Crippen LogP contribution < -0.4 is 10.2 Å². The largest absolute Gasteiger partial charge is 0.388 e. The van der Waals surface area contributed by atoms with Gasteiger partial charge in [0.1, 0.15) is 0 Å². The summed E-state index contributed by atoms with van der Waals surface area (Å²) in [6.07, 6.45) is 1.43. The third kappa shape index (κ3) is 3.93. The summed E-state index contributed by atoms with van der Waals surface area (Å²) >= 11 is 0. The summed E-state index contributed by atoms with van der Waals surface area (Å²) in [4.78, 5) is 2.12. The van der Waals surface area contributed by atoms with Gasteiger partial charge in [0.25, 0.3) is 0 Å². The Hall–Kier alpha value is -1.10. The van der Waals surface area contributed by atoms with Gasteiger partial charge in [-0.25, -0.2) is 0 Å². The zero-order valence-electron chi connectivity index (χ0n) is 11.9. The van der Waals surface area contributed by atoms with Gasteiger partial charge in [0.05, 0.1) is 5.60 Å². The van der Waals surface area contributed by atoms with Crippen LogP contribution >= 0.6 is 0 Å². The summed E-state index contributed by atoms with van der Waals surface area (Å²) in [5, 5.41) is 13.6. The number of hydrogen-bond acceptors (Lipinski definition) is 4. The minimum atomic E-state index is -0.614. The van der Waals surface area contributed by atoms with Gasteiger partial charge in [-0.1, -0.05) is 12.1 Å². The van der Waals surface area contributed by atoms with E-state index in [9.17, 15) is 5.11 Å². The van der Waals surface area contributed by atoms with Crippen molar-refractivity contribution in [1.29, 1.82) is 0 Å². The predicted octanol–water partition coefficient (Wildman–Crippen LogP) is 1.38. The van der Waals surface area contributed by atoms with E-state index in [0.29, 0.717) is 19.8 Å². The van der Waals surface area contributed by atoms with Gasteiger partial charge in [-0.2, -0.15) is 0 Å². The number of aliphatic hydroxyl groups is 1. The van der Waals surface area contributed by atoms with Crippen LogP contribution in [0.2, 0.25) is 0 Å². The highest BCUT2D eigenvalue weighted by molar-refractivity contribution is 5.47. The second-order valence-corrected chi connectivity index (χ2v) is 5.39. The van der Waals surface area contributed by atoms with Gasteiger partial charge in [-0.05, 0) is 24.7 Å². The second kappa shape index (κ2) is 6.37. The Morgan fingerprint density at radius 1 is 1.26 bits per heavy atom. The number of benzene rings is 1. The van der Waals surface area contributed by atoms with E-state index in [1.165, 1.54) is 5.56 Å². The van der Waals surface area contributed by atoms with Crippen LogP contribution in [0, 0.1) is 0 Å². The summed E-state index contributed by atoms with van der Waals surface area (Å²) in [7, 11) is 3.97. The van der Waals surface area contributed by atoms with Crippen molar-refractivity contribution in [2.75, 3.05) is 38.8 Å². The van der Waals surface area contributed by atoms with Crippen LogP contribution in [0.25, 0.3) is 0 Å². The first-order valence-corrected chi connectivity index (χ1v) is 6.88. The first kappa shape index (κ1) is 14.3. The van der Waals surface area contributed by atoms with Crippen molar-refractivity contribution in [1.82, 2.24) is 5.32 Å². The number of ether oxygens (including phenoxy) is 1. The van der Waals surface area contributed by atoms with Crippen LogP contribution in [-0.2, 0) is 11.3 Å². The molecule has 0 saturated carbocycles. The van der Waals surface area contributed by atoms with Gasteiger partial charge in [-0.15, -0.1) is 0 Å². The molecule has 2 rings (SSSR count). The highest BCUT2D eigenvalue weighted by Gasteiger charge is 2.31. The van der Waals surface area contributed by atoms with Crippen LogP contribution in [0.5, 0.6) is 0 Å². The number of anilines is 1. The van der Waals surface area contributed by atoms with Crippen molar-refractivity contribution in [3.8, 4) is 0 Å². The second-order valence-electron chi connectivity index (χ2n) is 5.39. The maximum atomic E-state index is 10.5. The van der Waals surface area contributed by atoms with Crippen LogP contribution in [0.1, 0.15) is 18.4 Å². The Morgan fingerprint density at radius 2 is 1.89 bits per heavy atom. The Morgan fingerprint density at radius 3 is 2.47 bits per heavy atom. The first-order chi connectivity index (χ1) is 9.13. The molecule has 4 nitrogen and oxygen atoms in total. The highest BCUT2D eigenvalue weighted by atomic mass is 16.5. The summed E-state index contributed by atoms with van der Waals surface area (Å²) in [5.74, 6) is 0. The molecule has 1 aromatic carbocycles. The van der Waals surface area contributed by atoms with Crippen LogP contribution in [0.3, 0.4) is 0 Å². The van der Waals surface area contributed by atoms with E-state index in [4.69, 9.17) is 4.74 Å². The van der Waals surface area contributed by atoms with E-state index in [2.05, 4.69) is 34.5 Å². The molecule has 0 spiro atoms. The van der Waals surface area contributed by atoms with Crippen LogP contribution in [0.15, 0.2) is 24.3 Å². The summed E-state index contributed by atoms with van der Waals surface area (Å²) < 4.78 is 5.31. The molecule has 1 saturated heterocycles. The van der Waals surface area contributed by atoms with Gasteiger partial charge in [-0.3, -0.25) is 0 Å². The van der Waals surface area contributed by atoms with E-state index >= 15 is 0 Å². The fourth-order valence-corrected chi connectivity index (χ4v) is 2.51. The standard InChI is InChI=1S/C15H24N2O2/c1-16-11-13-3-5-14(6-4-13)17(2)12-15(18)7-9-19-10-8-15/h3-6,16,18H,7-12H2,1-2H3. The number of rotatable bonds is 5. The normalized spacial score (nSPS) is 18.3. The Labute approximate surface area is 115 Å². The van der Waals surface area contributed by atoms with Crippen molar-refractivity contribution in [2.24, 2.45) is 0 Å². The third-order valence-electron chi connectivity index (χ3n) is 3.71. The van der Waals surface area contributed by atoms with Gasteiger partial charge in [0.2, 0.25) is 0 Å². The molecule has 1 aliphatic heterocycles. The molecule has 0 radical (unpaired) electrons. The average Bonchev–Trinajstić information content (AvgIpc) is 2.40. The van der Waals surface area contributed by atoms with E-state index < -0.39 is 5.60 Å². The molecule has 0 amide bonds. The van der Waals surface area contributed by atoms with Crippen LogP contribution in [0.4, 0.5) is 5.69 Å². The summed E-state index contributed by atoms with van der Waals surface area (Å²) in [6.45, 7) is 2.85. The molecule has 106 valence electrons. The quantitative estimate of drug-likeness (QED) is 0.843. The Bertz CT molecular complexity index is 386. The smallest absolute Gasteiger partial charge is 0.0865 e. The maximum Gasteiger partial charge on any atom is 0.0865 e. The molecule has 0 atom stereocenters. The molecule has 0 aliphatic carbocycles. The lowest BCUT2D eigenvalue weighted by atomic mass is 9.94. The third-order valence-corrected chi connectivity index (χ3v) is 3.71. The topological polar surface area (TPSA) is 44.7 Å². The number of nitrogens with zero attached hydrogens (tertiary/aromatic N) is 1. The minimum absolute atomic E-state index is 0.614. The monoisotopic (exact) mass is 264 g/mol. The number of likely N-dealkylation sites (N-methyl/N-ethyl adjacent to an activating group) is 1. The first-order valence-electron chi connectivity index (χ1n) is 6.88. The molecule has 0 aromatic heterocycles. The lowest BCUT2D eigenvalue weighted by molar-refractivity contribution is -0.0572. The summed E-state index contributed by atoms with van der Waals surface area (Å²) in [5.41, 5.74) is 1.79. The number of hydrogen-bond donors (Lipinski definition) is 2. The maximum absolute atomic E-state index is 10.5. The SMILES string of the molecule is CNCc1ccc(N(C)CC2(O)CCOCC2)cc1. The molecule has 1 fully saturated rings. The average molecular weight is 264 g/mol. The lowest BCUT2D eigenvalue weighted by Gasteiger charge is -2.36. The Balaban J connectivity index is 1.96.